The van der Waals surface area contributed by atoms with Gasteiger partial charge in [-0.15, -0.1) is 0 Å². The number of hydrogen-bond donors (Lipinski definition) is 1. The van der Waals surface area contributed by atoms with Crippen LogP contribution in [-0.2, 0) is 6.54 Å². The summed E-state index contributed by atoms with van der Waals surface area (Å²) < 4.78 is 61.0. The maximum atomic E-state index is 12.4. The van der Waals surface area contributed by atoms with Crippen LogP contribution in [0.4, 0.5) is 22.0 Å². The smallest absolute Gasteiger partial charge is 0.310 e. The second kappa shape index (κ2) is 6.13. The molecule has 0 radical (unpaired) electrons. The summed E-state index contributed by atoms with van der Waals surface area (Å²) in [4.78, 5) is 0. The molecule has 1 atom stereocenters. The second-order valence-electron chi connectivity index (χ2n) is 4.15. The number of halogens is 5. The number of hydrogen-bond acceptors (Lipinski definition) is 1. The Balaban J connectivity index is 2.51. The first kappa shape index (κ1) is 14.9. The third-order valence-electron chi connectivity index (χ3n) is 2.40. The molecule has 0 aromatic heterocycles. The average molecular weight is 267 g/mol. The van der Waals surface area contributed by atoms with E-state index in [1.807, 2.05) is 0 Å². The molecule has 1 unspecified atom stereocenters. The normalized spacial score (nSPS) is 13.9. The van der Waals surface area contributed by atoms with Gasteiger partial charge >= 0.3 is 6.18 Å². The molecule has 18 heavy (non-hydrogen) atoms. The van der Waals surface area contributed by atoms with Crippen LogP contribution in [0.2, 0.25) is 0 Å². The summed E-state index contributed by atoms with van der Waals surface area (Å²) in [5, 5.41) is 2.66. The van der Waals surface area contributed by atoms with Crippen LogP contribution in [0.15, 0.2) is 24.3 Å². The van der Waals surface area contributed by atoms with E-state index in [4.69, 9.17) is 0 Å². The van der Waals surface area contributed by atoms with Gasteiger partial charge in [-0.2, -0.15) is 13.2 Å². The predicted octanol–water partition coefficient (Wildman–Crippen LogP) is 4.05. The van der Waals surface area contributed by atoms with Crippen molar-refractivity contribution < 1.29 is 22.0 Å². The van der Waals surface area contributed by atoms with E-state index in [1.165, 1.54) is 25.1 Å². The Hall–Kier alpha value is -1.17. The molecule has 0 aliphatic carbocycles. The fraction of sp³-hybridized carbons (Fsp3) is 0.500. The lowest BCUT2D eigenvalue weighted by Gasteiger charge is -2.16. The van der Waals surface area contributed by atoms with Gasteiger partial charge in [0.2, 0.25) is 0 Å². The van der Waals surface area contributed by atoms with Crippen LogP contribution in [0.25, 0.3) is 0 Å². The molecular weight excluding hydrogens is 253 g/mol. The molecule has 0 saturated heterocycles. The van der Waals surface area contributed by atoms with Crippen molar-refractivity contribution in [2.75, 3.05) is 0 Å². The summed E-state index contributed by atoms with van der Waals surface area (Å²) >= 11 is 0. The number of benzene rings is 1. The number of alkyl halides is 5. The zero-order valence-corrected chi connectivity index (χ0v) is 9.77. The van der Waals surface area contributed by atoms with E-state index in [0.717, 1.165) is 0 Å². The van der Waals surface area contributed by atoms with E-state index in [-0.39, 0.29) is 12.1 Å². The van der Waals surface area contributed by atoms with E-state index in [1.54, 1.807) is 6.07 Å². The summed E-state index contributed by atoms with van der Waals surface area (Å²) in [6.07, 6.45) is -7.74. The first-order chi connectivity index (χ1) is 8.28. The summed E-state index contributed by atoms with van der Waals surface area (Å²) in [6.45, 7) is 1.54. The fourth-order valence-corrected chi connectivity index (χ4v) is 1.55. The van der Waals surface area contributed by atoms with Gasteiger partial charge in [0.05, 0.1) is 6.42 Å². The van der Waals surface area contributed by atoms with E-state index in [0.29, 0.717) is 5.56 Å². The molecule has 0 aliphatic rings. The maximum Gasteiger partial charge on any atom is 0.390 e. The minimum Gasteiger partial charge on any atom is -0.310 e. The van der Waals surface area contributed by atoms with Gasteiger partial charge in [0.25, 0.3) is 6.43 Å². The SMILES string of the molecule is CC(CC(F)(F)F)NCc1cccc(C(F)F)c1. The van der Waals surface area contributed by atoms with Crippen molar-refractivity contribution in [2.24, 2.45) is 0 Å². The minimum atomic E-state index is -4.22. The van der Waals surface area contributed by atoms with Gasteiger partial charge in [-0.25, -0.2) is 8.78 Å². The lowest BCUT2D eigenvalue weighted by Crippen LogP contribution is -2.30. The van der Waals surface area contributed by atoms with Crippen LogP contribution in [0.1, 0.15) is 30.9 Å². The zero-order valence-electron chi connectivity index (χ0n) is 9.77. The van der Waals surface area contributed by atoms with Crippen molar-refractivity contribution in [2.45, 2.75) is 38.5 Å². The second-order valence-corrected chi connectivity index (χ2v) is 4.15. The van der Waals surface area contributed by atoms with Crippen molar-refractivity contribution in [3.8, 4) is 0 Å². The molecule has 1 N–H and O–H groups in total. The minimum absolute atomic E-state index is 0.127. The van der Waals surface area contributed by atoms with E-state index in [2.05, 4.69) is 5.32 Å². The van der Waals surface area contributed by atoms with Crippen LogP contribution in [0.3, 0.4) is 0 Å². The highest BCUT2D eigenvalue weighted by atomic mass is 19.4. The molecule has 1 rings (SSSR count). The van der Waals surface area contributed by atoms with Crippen LogP contribution in [-0.4, -0.2) is 12.2 Å². The van der Waals surface area contributed by atoms with E-state index >= 15 is 0 Å². The van der Waals surface area contributed by atoms with Gasteiger partial charge in [0.1, 0.15) is 0 Å². The van der Waals surface area contributed by atoms with Gasteiger partial charge in [-0.05, 0) is 18.6 Å². The maximum absolute atomic E-state index is 12.4. The van der Waals surface area contributed by atoms with Gasteiger partial charge in [-0.1, -0.05) is 18.2 Å². The Morgan fingerprint density at radius 3 is 2.44 bits per heavy atom. The predicted molar refractivity (Wildman–Crippen MR) is 58.4 cm³/mol. The summed E-state index contributed by atoms with van der Waals surface area (Å²) in [7, 11) is 0. The molecular formula is C12H14F5N. The standard InChI is InChI=1S/C12H14F5N/c1-8(6-12(15,16)17)18-7-9-3-2-4-10(5-9)11(13)14/h2-5,8,11,18H,6-7H2,1H3. The van der Waals surface area contributed by atoms with Crippen molar-refractivity contribution in [3.63, 3.8) is 0 Å². The molecule has 0 fully saturated rings. The van der Waals surface area contributed by atoms with Crippen LogP contribution in [0.5, 0.6) is 0 Å². The lowest BCUT2D eigenvalue weighted by atomic mass is 10.1. The quantitative estimate of drug-likeness (QED) is 0.793. The number of nitrogens with one attached hydrogen (secondary N) is 1. The molecule has 0 amide bonds. The summed E-state index contributed by atoms with van der Waals surface area (Å²) in [5.74, 6) is 0. The van der Waals surface area contributed by atoms with Gasteiger partial charge < -0.3 is 5.32 Å². The highest BCUT2D eigenvalue weighted by molar-refractivity contribution is 5.24. The van der Waals surface area contributed by atoms with Crippen molar-refractivity contribution >= 4 is 0 Å². The lowest BCUT2D eigenvalue weighted by molar-refractivity contribution is -0.139. The third kappa shape index (κ3) is 5.44. The molecule has 6 heteroatoms. The molecule has 102 valence electrons. The molecule has 1 nitrogen and oxygen atoms in total. The molecule has 1 aromatic carbocycles. The zero-order chi connectivity index (χ0) is 13.8. The van der Waals surface area contributed by atoms with Gasteiger partial charge in [0, 0.05) is 18.2 Å². The van der Waals surface area contributed by atoms with Gasteiger partial charge in [0.15, 0.2) is 0 Å². The van der Waals surface area contributed by atoms with Crippen LogP contribution in [0, 0.1) is 0 Å². The molecule has 0 bridgehead atoms. The first-order valence-electron chi connectivity index (χ1n) is 5.45. The Bertz CT molecular complexity index is 375. The molecule has 0 aliphatic heterocycles. The average Bonchev–Trinajstić information content (AvgIpc) is 2.24. The largest absolute Gasteiger partial charge is 0.390 e. The fourth-order valence-electron chi connectivity index (χ4n) is 1.55. The van der Waals surface area contributed by atoms with E-state index in [9.17, 15) is 22.0 Å². The molecule has 0 spiro atoms. The molecule has 0 saturated carbocycles. The highest BCUT2D eigenvalue weighted by Gasteiger charge is 2.29. The van der Waals surface area contributed by atoms with Crippen molar-refractivity contribution in [1.82, 2.24) is 5.32 Å². The van der Waals surface area contributed by atoms with E-state index < -0.39 is 25.1 Å². The van der Waals surface area contributed by atoms with Crippen molar-refractivity contribution in [1.29, 1.82) is 0 Å². The number of rotatable bonds is 5. The molecule has 1 aromatic rings. The van der Waals surface area contributed by atoms with Crippen LogP contribution >= 0.6 is 0 Å². The topological polar surface area (TPSA) is 12.0 Å². The Labute approximate surface area is 102 Å². The Morgan fingerprint density at radius 1 is 1.22 bits per heavy atom. The summed E-state index contributed by atoms with van der Waals surface area (Å²) in [5.41, 5.74) is 0.416. The van der Waals surface area contributed by atoms with Crippen molar-refractivity contribution in [3.05, 3.63) is 35.4 Å². The van der Waals surface area contributed by atoms with Gasteiger partial charge in [-0.3, -0.25) is 0 Å². The third-order valence-corrected chi connectivity index (χ3v) is 2.40. The Morgan fingerprint density at radius 2 is 1.89 bits per heavy atom. The highest BCUT2D eigenvalue weighted by Crippen LogP contribution is 2.22. The molecule has 0 heterocycles. The first-order valence-corrected chi connectivity index (χ1v) is 5.45. The monoisotopic (exact) mass is 267 g/mol. The summed E-state index contributed by atoms with van der Waals surface area (Å²) in [6, 6.07) is 4.89. The Kier molecular flexibility index (Phi) is 5.07. The van der Waals surface area contributed by atoms with Crippen LogP contribution < -0.4 is 5.32 Å².